The van der Waals surface area contributed by atoms with E-state index < -0.39 is 0 Å². The predicted molar refractivity (Wildman–Crippen MR) is 203 cm³/mol. The van der Waals surface area contributed by atoms with Crippen LogP contribution in [0.1, 0.15) is 136 Å². The lowest BCUT2D eigenvalue weighted by atomic mass is 9.36. The molecule has 6 rings (SSSR count). The van der Waals surface area contributed by atoms with Crippen molar-refractivity contribution < 1.29 is 19.4 Å². The molecule has 0 saturated heterocycles. The molecule has 4 heteroatoms. The summed E-state index contributed by atoms with van der Waals surface area (Å²) in [5, 5.41) is 6.89. The van der Waals surface area contributed by atoms with Gasteiger partial charge in [-0.1, -0.05) is 79.2 Å². The maximum Gasteiger partial charge on any atom is 0.337 e. The van der Waals surface area contributed by atoms with Crippen LogP contribution in [0, 0.1) is 76.9 Å². The van der Waals surface area contributed by atoms with Crippen LogP contribution >= 0.6 is 0 Å². The fourth-order valence-electron chi connectivity index (χ4n) is 11.6. The number of allylic oxidation sites excluding steroid dienone is 3. The Labute approximate surface area is 294 Å². The number of fused-ring (bicyclic) bond motifs is 7. The fraction of sp³-hybridized carbons (Fsp3) is 0.636. The van der Waals surface area contributed by atoms with Gasteiger partial charge in [-0.15, -0.1) is 32.3 Å². The molecule has 1 aromatic carbocycles. The maximum atomic E-state index is 12.0. The van der Waals surface area contributed by atoms with E-state index in [4.69, 9.17) is 14.6 Å². The molecule has 0 radical (unpaired) electrons. The van der Waals surface area contributed by atoms with Gasteiger partial charge in [0.15, 0.2) is 0 Å². The molecule has 4 fully saturated rings. The minimum absolute atomic E-state index is 0.133. The number of terminal acetylenes is 2. The highest BCUT2D eigenvalue weighted by atomic mass is 16.5. The molecule has 5 aliphatic carbocycles. The minimum Gasteiger partial charge on any atom is -0.483 e. The van der Waals surface area contributed by atoms with Gasteiger partial charge in [0.2, 0.25) is 0 Å². The van der Waals surface area contributed by atoms with Gasteiger partial charge in [0.1, 0.15) is 0 Å². The van der Waals surface area contributed by atoms with Crippen molar-refractivity contribution in [3.8, 4) is 25.7 Å². The zero-order valence-electron chi connectivity index (χ0n) is 31.7. The lowest BCUT2D eigenvalue weighted by molar-refractivity contribution is -0.176. The zero-order valence-corrected chi connectivity index (χ0v) is 31.7. The van der Waals surface area contributed by atoms with Crippen molar-refractivity contribution in [2.24, 2.45) is 51.2 Å². The zero-order chi connectivity index (χ0) is 36.9. The van der Waals surface area contributed by atoms with Gasteiger partial charge >= 0.3 is 5.97 Å². The number of methoxy groups -OCH3 is 1. The largest absolute Gasteiger partial charge is 0.483 e. The highest BCUT2D eigenvalue weighted by Crippen LogP contribution is 2.73. The number of hydrogen-bond donors (Lipinski definition) is 1. The Morgan fingerprint density at radius 3 is 1.96 bits per heavy atom. The van der Waals surface area contributed by atoms with Crippen LogP contribution in [0.2, 0.25) is 0 Å². The van der Waals surface area contributed by atoms with Gasteiger partial charge in [0.25, 0.3) is 6.47 Å². The standard InChI is InChI=1S/C34H48O2.C3H6.C2H6.2C2H2.CH2O2/c1-31(2)25(22-9-11-23(12-10-22)30(35)36-6)16-20-34(5)28(31)17-21-33(4)27-15-19-32(3)18-7-8-26(32)24(27)13-14-29(33)34;1-3-2;3*1-2;2-1-3/h9-12,16,24,26-29H,7-8,13-15,17-21H2,1-6H3;3H,1H2,2H3;1-2H3;2*1-2H;1H,(H,2,3)/t24-,26?,27?,28?,29?,32-,33+,34+;;;;;/m1...../s1. The Balaban J connectivity index is 0.000000857. The van der Waals surface area contributed by atoms with Crippen LogP contribution in [0.15, 0.2) is 43.0 Å². The van der Waals surface area contributed by atoms with Crippen LogP contribution in [0.3, 0.4) is 0 Å². The summed E-state index contributed by atoms with van der Waals surface area (Å²) in [5.41, 5.74) is 5.08. The first-order valence-electron chi connectivity index (χ1n) is 18.1. The van der Waals surface area contributed by atoms with Crippen LogP contribution in [0.4, 0.5) is 0 Å². The molecule has 0 amide bonds. The number of esters is 1. The summed E-state index contributed by atoms with van der Waals surface area (Å²) in [4.78, 5) is 20.3. The maximum absolute atomic E-state index is 12.0. The van der Waals surface area contributed by atoms with E-state index in [2.05, 4.69) is 85.1 Å². The summed E-state index contributed by atoms with van der Waals surface area (Å²) >= 11 is 0. The Morgan fingerprint density at radius 1 is 0.854 bits per heavy atom. The predicted octanol–water partition coefficient (Wildman–Crippen LogP) is 11.4. The van der Waals surface area contributed by atoms with Crippen molar-refractivity contribution in [3.63, 3.8) is 0 Å². The number of carboxylic acid groups (broad SMARTS) is 1. The van der Waals surface area contributed by atoms with Crippen LogP contribution in [0.5, 0.6) is 0 Å². The topological polar surface area (TPSA) is 63.6 Å². The third kappa shape index (κ3) is 7.96. The van der Waals surface area contributed by atoms with Crippen LogP contribution in [-0.4, -0.2) is 24.7 Å². The summed E-state index contributed by atoms with van der Waals surface area (Å²) < 4.78 is 4.92. The molecule has 48 heavy (non-hydrogen) atoms. The van der Waals surface area contributed by atoms with Crippen molar-refractivity contribution in [3.05, 3.63) is 54.1 Å². The first-order chi connectivity index (χ1) is 22.9. The van der Waals surface area contributed by atoms with Gasteiger partial charge in [-0.25, -0.2) is 4.79 Å². The van der Waals surface area contributed by atoms with Crippen molar-refractivity contribution in [2.45, 2.75) is 120 Å². The van der Waals surface area contributed by atoms with Crippen molar-refractivity contribution in [1.82, 2.24) is 0 Å². The van der Waals surface area contributed by atoms with Crippen molar-refractivity contribution >= 4 is 18.0 Å². The number of hydrogen-bond acceptors (Lipinski definition) is 3. The van der Waals surface area contributed by atoms with E-state index in [1.165, 1.54) is 82.5 Å². The summed E-state index contributed by atoms with van der Waals surface area (Å²) in [6, 6.07) is 8.15. The SMILES string of the molecule is C#C.C#C.C=CC.CC.COC(=O)c1ccc(C2=CC[C@@]3(C)C(CC[C@@]4(C)C5CC[C@@]6(C)CCCC6[C@H]5CCC43)C2(C)C)cc1.O=CO. The molecular formula is C44H66O4. The van der Waals surface area contributed by atoms with E-state index in [0.717, 1.165) is 23.7 Å². The molecule has 4 unspecified atom stereocenters. The highest BCUT2D eigenvalue weighted by Gasteiger charge is 2.64. The van der Waals surface area contributed by atoms with Crippen molar-refractivity contribution in [1.29, 1.82) is 0 Å². The Bertz CT molecular complexity index is 1240. The van der Waals surface area contributed by atoms with Crippen molar-refractivity contribution in [2.75, 3.05) is 7.11 Å². The first kappa shape index (κ1) is 42.8. The number of rotatable bonds is 2. The molecule has 1 aromatic rings. The third-order valence-corrected chi connectivity index (χ3v) is 13.1. The quantitative estimate of drug-likeness (QED) is 0.149. The number of carbonyl (C=O) groups is 2. The third-order valence-electron chi connectivity index (χ3n) is 13.1. The average Bonchev–Trinajstić information content (AvgIpc) is 3.49. The molecule has 8 atom stereocenters. The summed E-state index contributed by atoms with van der Waals surface area (Å²) in [6.45, 7) is 22.1. The van der Waals surface area contributed by atoms with E-state index in [-0.39, 0.29) is 17.9 Å². The number of carbonyl (C=O) groups excluding carboxylic acids is 1. The van der Waals surface area contributed by atoms with E-state index in [1.807, 2.05) is 32.9 Å². The molecule has 266 valence electrons. The molecule has 5 aliphatic rings. The van der Waals surface area contributed by atoms with E-state index in [9.17, 15) is 4.79 Å². The van der Waals surface area contributed by atoms with Crippen LogP contribution < -0.4 is 0 Å². The van der Waals surface area contributed by atoms with Gasteiger partial charge in [-0.05, 0) is 139 Å². The molecule has 0 spiro atoms. The molecule has 1 N–H and O–H groups in total. The average molecular weight is 659 g/mol. The molecule has 0 aliphatic heterocycles. The number of benzene rings is 1. The Morgan fingerprint density at radius 2 is 1.42 bits per heavy atom. The van der Waals surface area contributed by atoms with E-state index in [0.29, 0.717) is 27.7 Å². The second kappa shape index (κ2) is 18.5. The van der Waals surface area contributed by atoms with Gasteiger partial charge in [0, 0.05) is 0 Å². The smallest absolute Gasteiger partial charge is 0.337 e. The summed E-state index contributed by atoms with van der Waals surface area (Å²) in [6.07, 6.45) is 34.7. The molecule has 0 heterocycles. The highest BCUT2D eigenvalue weighted by molar-refractivity contribution is 5.89. The van der Waals surface area contributed by atoms with Gasteiger partial charge < -0.3 is 9.84 Å². The molecule has 4 nitrogen and oxygen atoms in total. The Hall–Kier alpha value is -3.24. The summed E-state index contributed by atoms with van der Waals surface area (Å²) in [5.74, 6) is 4.23. The Kier molecular flexibility index (Phi) is 16.5. The lowest BCUT2D eigenvalue weighted by Gasteiger charge is -2.68. The monoisotopic (exact) mass is 658 g/mol. The summed E-state index contributed by atoms with van der Waals surface area (Å²) in [7, 11) is 1.45. The molecular weight excluding hydrogens is 592 g/mol. The first-order valence-corrected chi connectivity index (χ1v) is 18.1. The van der Waals surface area contributed by atoms with E-state index in [1.54, 1.807) is 6.08 Å². The van der Waals surface area contributed by atoms with Gasteiger partial charge in [0.05, 0.1) is 12.7 Å². The lowest BCUT2D eigenvalue weighted by Crippen LogP contribution is -2.60. The van der Waals surface area contributed by atoms with Crippen LogP contribution in [-0.2, 0) is 9.53 Å². The van der Waals surface area contributed by atoms with E-state index >= 15 is 0 Å². The van der Waals surface area contributed by atoms with Gasteiger partial charge in [-0.3, -0.25) is 4.79 Å². The molecule has 0 bridgehead atoms. The molecule has 4 saturated carbocycles. The second-order valence-corrected chi connectivity index (χ2v) is 15.3. The molecule has 0 aromatic heterocycles. The number of ether oxygens (including phenoxy) is 1. The van der Waals surface area contributed by atoms with Gasteiger partial charge in [-0.2, -0.15) is 0 Å². The minimum atomic E-state index is -0.256. The second-order valence-electron chi connectivity index (χ2n) is 15.3. The fourth-order valence-corrected chi connectivity index (χ4v) is 11.6. The van der Waals surface area contributed by atoms with Crippen LogP contribution in [0.25, 0.3) is 5.57 Å². The normalized spacial score (nSPS) is 34.4.